The van der Waals surface area contributed by atoms with E-state index in [1.54, 1.807) is 15.8 Å². The number of thioether (sulfide) groups is 1. The van der Waals surface area contributed by atoms with Crippen molar-refractivity contribution in [3.8, 4) is 0 Å². The summed E-state index contributed by atoms with van der Waals surface area (Å²) in [6.45, 7) is 2.09. The molecule has 1 aromatic rings. The number of amides is 2. The molecule has 2 fully saturated rings. The summed E-state index contributed by atoms with van der Waals surface area (Å²) < 4.78 is 1.67. The van der Waals surface area contributed by atoms with E-state index in [1.807, 2.05) is 29.9 Å². The molecule has 1 atom stereocenters. The van der Waals surface area contributed by atoms with Crippen LogP contribution < -0.4 is 4.90 Å². The number of aromatic nitrogens is 2. The summed E-state index contributed by atoms with van der Waals surface area (Å²) in [7, 11) is 1.82. The Balaban J connectivity index is 1.68. The van der Waals surface area contributed by atoms with E-state index in [-0.39, 0.29) is 17.7 Å². The van der Waals surface area contributed by atoms with Gasteiger partial charge in [-0.15, -0.1) is 0 Å². The van der Waals surface area contributed by atoms with E-state index in [4.69, 9.17) is 0 Å². The van der Waals surface area contributed by atoms with E-state index in [0.29, 0.717) is 13.0 Å². The van der Waals surface area contributed by atoms with E-state index in [2.05, 4.69) is 5.10 Å². The Bertz CT molecular complexity index is 524. The topological polar surface area (TPSA) is 58.4 Å². The molecule has 2 aliphatic rings. The average molecular weight is 294 g/mol. The number of carbonyl (C=O) groups excluding carboxylic acids is 2. The van der Waals surface area contributed by atoms with Crippen molar-refractivity contribution in [2.24, 2.45) is 13.0 Å². The Kier molecular flexibility index (Phi) is 3.69. The smallest absolute Gasteiger partial charge is 0.228 e. The van der Waals surface area contributed by atoms with Gasteiger partial charge in [-0.1, -0.05) is 0 Å². The molecule has 7 heteroatoms. The number of hydrogen-bond acceptors (Lipinski definition) is 4. The van der Waals surface area contributed by atoms with Gasteiger partial charge in [0, 0.05) is 50.8 Å². The van der Waals surface area contributed by atoms with Gasteiger partial charge in [-0.05, 0) is 0 Å². The first-order chi connectivity index (χ1) is 9.65. The molecular weight excluding hydrogens is 276 g/mol. The minimum atomic E-state index is -0.203. The van der Waals surface area contributed by atoms with Crippen molar-refractivity contribution in [3.63, 3.8) is 0 Å². The van der Waals surface area contributed by atoms with Gasteiger partial charge in [0.15, 0.2) is 0 Å². The maximum atomic E-state index is 12.4. The molecule has 0 unspecified atom stereocenters. The standard InChI is InChI=1S/C13H18N4O2S/c1-15-9-11(7-14-15)17-8-10(6-12(17)18)13(19)16-2-4-20-5-3-16/h7,9-10H,2-6,8H2,1H3/t10-/m1/s1. The predicted octanol–water partition coefficient (Wildman–Crippen LogP) is 0.348. The molecule has 0 radical (unpaired) electrons. The van der Waals surface area contributed by atoms with Crippen LogP contribution in [0, 0.1) is 5.92 Å². The van der Waals surface area contributed by atoms with Crippen LogP contribution in [0.5, 0.6) is 0 Å². The number of hydrogen-bond donors (Lipinski definition) is 0. The quantitative estimate of drug-likeness (QED) is 0.790. The van der Waals surface area contributed by atoms with E-state index in [0.717, 1.165) is 30.3 Å². The van der Waals surface area contributed by atoms with Crippen molar-refractivity contribution in [3.05, 3.63) is 12.4 Å². The lowest BCUT2D eigenvalue weighted by Crippen LogP contribution is -2.42. The van der Waals surface area contributed by atoms with Gasteiger partial charge in [-0.2, -0.15) is 16.9 Å². The van der Waals surface area contributed by atoms with Gasteiger partial charge < -0.3 is 9.80 Å². The van der Waals surface area contributed by atoms with Crippen LogP contribution in [-0.4, -0.2) is 57.6 Å². The van der Waals surface area contributed by atoms with Crippen LogP contribution >= 0.6 is 11.8 Å². The monoisotopic (exact) mass is 294 g/mol. The number of nitrogens with zero attached hydrogens (tertiary/aromatic N) is 4. The van der Waals surface area contributed by atoms with Crippen molar-refractivity contribution in [2.45, 2.75) is 6.42 Å². The molecule has 0 N–H and O–H groups in total. The highest BCUT2D eigenvalue weighted by molar-refractivity contribution is 7.99. The number of aryl methyl sites for hydroxylation is 1. The summed E-state index contributed by atoms with van der Waals surface area (Å²) in [5.41, 5.74) is 0.780. The molecule has 0 aliphatic carbocycles. The van der Waals surface area contributed by atoms with E-state index < -0.39 is 0 Å². The van der Waals surface area contributed by atoms with Crippen LogP contribution in [0.15, 0.2) is 12.4 Å². The highest BCUT2D eigenvalue weighted by atomic mass is 32.2. The van der Waals surface area contributed by atoms with Crippen molar-refractivity contribution >= 4 is 29.3 Å². The molecule has 2 aliphatic heterocycles. The van der Waals surface area contributed by atoms with Crippen molar-refractivity contribution in [1.82, 2.24) is 14.7 Å². The van der Waals surface area contributed by atoms with Gasteiger partial charge in [0.05, 0.1) is 17.8 Å². The second-order valence-electron chi connectivity index (χ2n) is 5.22. The van der Waals surface area contributed by atoms with E-state index >= 15 is 0 Å². The summed E-state index contributed by atoms with van der Waals surface area (Å²) in [6, 6.07) is 0. The first-order valence-corrected chi connectivity index (χ1v) is 7.96. The van der Waals surface area contributed by atoms with Crippen molar-refractivity contribution < 1.29 is 9.59 Å². The van der Waals surface area contributed by atoms with Gasteiger partial charge in [-0.25, -0.2) is 0 Å². The third kappa shape index (κ3) is 2.54. The van der Waals surface area contributed by atoms with E-state index in [1.165, 1.54) is 0 Å². The fourth-order valence-corrected chi connectivity index (χ4v) is 3.62. The van der Waals surface area contributed by atoms with Gasteiger partial charge in [0.2, 0.25) is 11.8 Å². The molecular formula is C13H18N4O2S. The van der Waals surface area contributed by atoms with Gasteiger partial charge >= 0.3 is 0 Å². The molecule has 0 bridgehead atoms. The largest absolute Gasteiger partial charge is 0.341 e. The van der Waals surface area contributed by atoms with Crippen LogP contribution in [-0.2, 0) is 16.6 Å². The van der Waals surface area contributed by atoms with Gasteiger partial charge in [0.25, 0.3) is 0 Å². The molecule has 1 aromatic heterocycles. The lowest BCUT2D eigenvalue weighted by atomic mass is 10.1. The summed E-state index contributed by atoms with van der Waals surface area (Å²) in [5, 5.41) is 4.08. The van der Waals surface area contributed by atoms with Gasteiger partial charge in [-0.3, -0.25) is 14.3 Å². The summed E-state index contributed by atoms with van der Waals surface area (Å²) >= 11 is 1.88. The fourth-order valence-electron chi connectivity index (χ4n) is 2.71. The van der Waals surface area contributed by atoms with Crippen LogP contribution in [0.25, 0.3) is 0 Å². The van der Waals surface area contributed by atoms with Crippen molar-refractivity contribution in [1.29, 1.82) is 0 Å². The number of anilines is 1. The second-order valence-corrected chi connectivity index (χ2v) is 6.44. The van der Waals surface area contributed by atoms with Crippen LogP contribution in [0.1, 0.15) is 6.42 Å². The first kappa shape index (κ1) is 13.5. The molecule has 20 heavy (non-hydrogen) atoms. The Morgan fingerprint density at radius 2 is 2.15 bits per heavy atom. The molecule has 3 heterocycles. The summed E-state index contributed by atoms with van der Waals surface area (Å²) in [4.78, 5) is 28.1. The molecule has 2 amide bonds. The molecule has 3 rings (SSSR count). The normalized spacial score (nSPS) is 23.4. The molecule has 0 saturated carbocycles. The Morgan fingerprint density at radius 3 is 2.80 bits per heavy atom. The van der Waals surface area contributed by atoms with Crippen LogP contribution in [0.3, 0.4) is 0 Å². The maximum absolute atomic E-state index is 12.4. The molecule has 0 aromatic carbocycles. The second kappa shape index (κ2) is 5.47. The van der Waals surface area contributed by atoms with Crippen molar-refractivity contribution in [2.75, 3.05) is 36.0 Å². The lowest BCUT2D eigenvalue weighted by molar-refractivity contribution is -0.135. The van der Waals surface area contributed by atoms with Crippen LogP contribution in [0.4, 0.5) is 5.69 Å². The lowest BCUT2D eigenvalue weighted by Gasteiger charge is -2.28. The third-order valence-electron chi connectivity index (χ3n) is 3.80. The van der Waals surface area contributed by atoms with E-state index in [9.17, 15) is 9.59 Å². The number of carbonyl (C=O) groups is 2. The molecule has 2 saturated heterocycles. The third-order valence-corrected chi connectivity index (χ3v) is 4.74. The molecule has 6 nitrogen and oxygen atoms in total. The minimum Gasteiger partial charge on any atom is -0.341 e. The predicted molar refractivity (Wildman–Crippen MR) is 77.6 cm³/mol. The average Bonchev–Trinajstić information content (AvgIpc) is 3.05. The van der Waals surface area contributed by atoms with Gasteiger partial charge in [0.1, 0.15) is 0 Å². The highest BCUT2D eigenvalue weighted by Gasteiger charge is 2.37. The first-order valence-electron chi connectivity index (χ1n) is 6.80. The summed E-state index contributed by atoms with van der Waals surface area (Å²) in [6.07, 6.45) is 3.79. The fraction of sp³-hybridized carbons (Fsp3) is 0.615. The SMILES string of the molecule is Cn1cc(N2C[C@H](C(=O)N3CCSCC3)CC2=O)cn1. The Morgan fingerprint density at radius 1 is 1.40 bits per heavy atom. The Hall–Kier alpha value is -1.50. The molecule has 0 spiro atoms. The zero-order chi connectivity index (χ0) is 14.1. The summed E-state index contributed by atoms with van der Waals surface area (Å²) in [5.74, 6) is 1.94. The van der Waals surface area contributed by atoms with Crippen LogP contribution in [0.2, 0.25) is 0 Å². The highest BCUT2D eigenvalue weighted by Crippen LogP contribution is 2.26. The zero-order valence-corrected chi connectivity index (χ0v) is 12.3. The zero-order valence-electron chi connectivity index (χ0n) is 11.5. The molecule has 108 valence electrons. The number of rotatable bonds is 2. The minimum absolute atomic E-state index is 0.0164. The maximum Gasteiger partial charge on any atom is 0.228 e. The Labute approximate surface area is 122 Å².